The van der Waals surface area contributed by atoms with Gasteiger partial charge in [-0.1, -0.05) is 34.3 Å². The number of aryl methyl sites for hydroxylation is 2. The number of cyclic esters (lactones) is 1. The van der Waals surface area contributed by atoms with Crippen molar-refractivity contribution in [3.8, 4) is 22.5 Å². The highest BCUT2D eigenvalue weighted by atomic mass is 32.1. The molecule has 5 aliphatic heterocycles. The molecule has 3 aromatic heterocycles. The number of carbonyl (C=O) groups is 5. The van der Waals surface area contributed by atoms with Crippen molar-refractivity contribution in [2.24, 2.45) is 17.3 Å². The summed E-state index contributed by atoms with van der Waals surface area (Å²) in [5.41, 5.74) is 11.9. The molecule has 1 aromatic carbocycles. The number of fused-ring (bicyclic) bond motifs is 6. The number of likely N-dealkylation sites (tertiary alicyclic amines) is 1. The standard InChI is InChI=1S/C53H69N9O8S/c1-9-44(63)60-17-14-34(28-60)50(65)58(7)46(31(2)3)49(64)56-41-25-43-55-42(29-71-43)35-22-33-12-10-15-61-47(33)37(23-35)39(26-53(5,6)30-70-52(67)40-13-11-16-62(57-40)51(41)66)48(61)38-24-36(59-18-20-69-21-19-59)27-54-45(38)32(4)68-8/h9,22-24,27,29,31-32,34,40-41,46,57H,1,10-21,25-26,28,30H2,2-8H3,(H,56,64)/t32-,34+,40-,41-,46-/m0/s1. The number of thiazole rings is 1. The Morgan fingerprint density at radius 2 is 1.85 bits per heavy atom. The molecule has 6 bridgehead atoms. The van der Waals surface area contributed by atoms with Gasteiger partial charge in [-0.15, -0.1) is 11.3 Å². The highest BCUT2D eigenvalue weighted by Crippen LogP contribution is 2.45. The van der Waals surface area contributed by atoms with Gasteiger partial charge in [-0.05, 0) is 86.8 Å². The van der Waals surface area contributed by atoms with Crippen molar-refractivity contribution in [1.82, 2.24) is 40.1 Å². The van der Waals surface area contributed by atoms with Gasteiger partial charge in [-0.2, -0.15) is 0 Å². The average molecular weight is 992 g/mol. The van der Waals surface area contributed by atoms with Crippen LogP contribution in [0.1, 0.15) is 88.2 Å². The molecule has 5 atom stereocenters. The third-order valence-electron chi connectivity index (χ3n) is 15.0. The van der Waals surface area contributed by atoms with Crippen LogP contribution in [0.2, 0.25) is 0 Å². The van der Waals surface area contributed by atoms with Crippen LogP contribution in [-0.2, 0) is 64.0 Å². The Bertz CT molecular complexity index is 2710. The third kappa shape index (κ3) is 10.2. The van der Waals surface area contributed by atoms with Gasteiger partial charge in [0.05, 0.1) is 71.3 Å². The number of morpholine rings is 1. The lowest BCUT2D eigenvalue weighted by molar-refractivity contribution is -0.155. The number of carbonyl (C=O) groups excluding carboxylic acids is 5. The normalized spacial score (nSPS) is 22.5. The minimum absolute atomic E-state index is 0.0776. The molecule has 0 spiro atoms. The van der Waals surface area contributed by atoms with Crippen LogP contribution < -0.4 is 15.6 Å². The Morgan fingerprint density at radius 1 is 1.06 bits per heavy atom. The summed E-state index contributed by atoms with van der Waals surface area (Å²) in [6.07, 6.45) is 6.86. The van der Waals surface area contributed by atoms with Crippen molar-refractivity contribution < 1.29 is 38.2 Å². The van der Waals surface area contributed by atoms with E-state index in [1.165, 1.54) is 38.4 Å². The minimum atomic E-state index is -1.09. The molecule has 9 rings (SSSR count). The van der Waals surface area contributed by atoms with Gasteiger partial charge < -0.3 is 38.8 Å². The number of hydrogen-bond donors (Lipinski definition) is 2. The summed E-state index contributed by atoms with van der Waals surface area (Å²) in [7, 11) is 3.32. The second-order valence-electron chi connectivity index (χ2n) is 21.0. The van der Waals surface area contributed by atoms with Gasteiger partial charge in [0.25, 0.3) is 5.91 Å². The second kappa shape index (κ2) is 20.8. The molecule has 17 nitrogen and oxygen atoms in total. The number of aromatic nitrogens is 3. The summed E-state index contributed by atoms with van der Waals surface area (Å²) in [6.45, 7) is 18.4. The summed E-state index contributed by atoms with van der Waals surface area (Å²) >= 11 is 1.43. The van der Waals surface area contributed by atoms with Crippen molar-refractivity contribution in [3.05, 3.63) is 64.3 Å². The van der Waals surface area contributed by atoms with Crippen LogP contribution in [0.5, 0.6) is 0 Å². The maximum atomic E-state index is 14.7. The number of ether oxygens (including phenoxy) is 3. The first-order valence-corrected chi connectivity index (χ1v) is 26.1. The predicted octanol–water partition coefficient (Wildman–Crippen LogP) is 5.48. The summed E-state index contributed by atoms with van der Waals surface area (Å²) in [5, 5.41) is 8.26. The number of pyridine rings is 1. The number of anilines is 1. The van der Waals surface area contributed by atoms with Crippen molar-refractivity contribution in [2.75, 3.05) is 71.6 Å². The highest BCUT2D eigenvalue weighted by Gasteiger charge is 2.41. The first-order chi connectivity index (χ1) is 34.0. The minimum Gasteiger partial charge on any atom is -0.464 e. The third-order valence-corrected chi connectivity index (χ3v) is 15.8. The molecule has 0 unspecified atom stereocenters. The van der Waals surface area contributed by atoms with E-state index in [4.69, 9.17) is 24.2 Å². The van der Waals surface area contributed by atoms with Crippen molar-refractivity contribution in [2.45, 2.75) is 110 Å². The second-order valence-corrected chi connectivity index (χ2v) is 21.9. The molecule has 18 heteroatoms. The van der Waals surface area contributed by atoms with Gasteiger partial charge in [-0.25, -0.2) is 10.4 Å². The van der Waals surface area contributed by atoms with E-state index in [0.717, 1.165) is 77.3 Å². The van der Waals surface area contributed by atoms with Crippen molar-refractivity contribution >= 4 is 57.5 Å². The average Bonchev–Trinajstić information content (AvgIpc) is 4.13. The zero-order chi connectivity index (χ0) is 50.3. The van der Waals surface area contributed by atoms with Crippen LogP contribution in [-0.4, -0.2) is 144 Å². The Labute approximate surface area is 420 Å². The van der Waals surface area contributed by atoms with Gasteiger partial charge in [0.15, 0.2) is 0 Å². The molecule has 71 heavy (non-hydrogen) atoms. The Hall–Kier alpha value is -5.69. The Balaban J connectivity index is 1.11. The number of amides is 4. The molecule has 4 amide bonds. The van der Waals surface area contributed by atoms with Gasteiger partial charge in [0.1, 0.15) is 18.1 Å². The Morgan fingerprint density at radius 3 is 2.59 bits per heavy atom. The number of likely N-dealkylation sites (N-methyl/N-ethyl adjacent to an activating group) is 1. The van der Waals surface area contributed by atoms with E-state index < -0.39 is 47.2 Å². The van der Waals surface area contributed by atoms with Gasteiger partial charge >= 0.3 is 5.97 Å². The summed E-state index contributed by atoms with van der Waals surface area (Å²) in [6, 6.07) is 3.96. The molecular formula is C53H69N9O8S. The van der Waals surface area contributed by atoms with Gasteiger partial charge in [0, 0.05) is 87.2 Å². The maximum absolute atomic E-state index is 14.7. The van der Waals surface area contributed by atoms with E-state index in [1.807, 2.05) is 32.3 Å². The monoisotopic (exact) mass is 991 g/mol. The molecule has 2 N–H and O–H groups in total. The zero-order valence-electron chi connectivity index (χ0n) is 42.3. The zero-order valence-corrected chi connectivity index (χ0v) is 43.1. The number of nitrogens with one attached hydrogen (secondary N) is 2. The summed E-state index contributed by atoms with van der Waals surface area (Å²) in [4.78, 5) is 85.4. The number of nitrogens with zero attached hydrogens (tertiary/aromatic N) is 7. The largest absolute Gasteiger partial charge is 0.464 e. The number of benzene rings is 1. The molecule has 4 aromatic rings. The summed E-state index contributed by atoms with van der Waals surface area (Å²) < 4.78 is 20.4. The van der Waals surface area contributed by atoms with E-state index in [9.17, 15) is 24.0 Å². The van der Waals surface area contributed by atoms with Gasteiger partial charge in [0.2, 0.25) is 17.7 Å². The molecule has 5 aliphatic rings. The molecule has 380 valence electrons. The lowest BCUT2D eigenvalue weighted by Crippen LogP contribution is -2.62. The predicted molar refractivity (Wildman–Crippen MR) is 271 cm³/mol. The molecule has 3 fully saturated rings. The maximum Gasteiger partial charge on any atom is 0.324 e. The van der Waals surface area contributed by atoms with Crippen LogP contribution >= 0.6 is 11.3 Å². The molecule has 0 saturated carbocycles. The number of methoxy groups -OCH3 is 1. The van der Waals surface area contributed by atoms with Crippen molar-refractivity contribution in [1.29, 1.82) is 0 Å². The lowest BCUT2D eigenvalue weighted by atomic mass is 9.84. The fraction of sp³-hybridized carbons (Fsp3) is 0.566. The van der Waals surface area contributed by atoms with Crippen LogP contribution in [0.3, 0.4) is 0 Å². The topological polar surface area (TPSA) is 181 Å². The molecular weight excluding hydrogens is 923 g/mol. The number of hydrazine groups is 1. The van der Waals surface area contributed by atoms with Crippen molar-refractivity contribution in [3.63, 3.8) is 0 Å². The number of rotatable bonds is 10. The molecule has 8 heterocycles. The Kier molecular flexibility index (Phi) is 14.7. The van der Waals surface area contributed by atoms with Gasteiger partial charge in [-0.3, -0.25) is 34.0 Å². The van der Waals surface area contributed by atoms with Crippen LogP contribution in [0, 0.1) is 17.3 Å². The van der Waals surface area contributed by atoms with E-state index in [2.05, 4.69) is 58.8 Å². The van der Waals surface area contributed by atoms with E-state index in [-0.39, 0.29) is 43.4 Å². The lowest BCUT2D eigenvalue weighted by Gasteiger charge is -2.36. The molecule has 0 radical (unpaired) electrons. The smallest absolute Gasteiger partial charge is 0.324 e. The first-order valence-electron chi connectivity index (χ1n) is 25.3. The fourth-order valence-corrected chi connectivity index (χ4v) is 12.1. The number of hydrogen-bond acceptors (Lipinski definition) is 13. The van der Waals surface area contributed by atoms with Crippen LogP contribution in [0.25, 0.3) is 33.4 Å². The SMILES string of the molecule is C=CC(=O)N1CC[C@@H](C(=O)N(C)[C@H](C(=O)N[C@H]2Cc3nc(cs3)-c3cc4c5c(c3)c(c(-c3cc(N6CCOCC6)cnc3[C@H](C)OC)n5CCC4)CC(C)(C)COC(=O)[C@@H]3CCCN(N3)C2=O)C(C)C)C1. The van der Waals surface area contributed by atoms with E-state index in [1.54, 1.807) is 19.1 Å². The van der Waals surface area contributed by atoms with E-state index in [0.29, 0.717) is 57.0 Å². The van der Waals surface area contributed by atoms with Crippen LogP contribution in [0.4, 0.5) is 5.69 Å². The molecule has 3 saturated heterocycles. The molecule has 0 aliphatic carbocycles. The summed E-state index contributed by atoms with van der Waals surface area (Å²) in [5.74, 6) is -2.62. The quantitative estimate of drug-likeness (QED) is 0.151. The van der Waals surface area contributed by atoms with E-state index >= 15 is 0 Å². The fourth-order valence-electron chi connectivity index (χ4n) is 11.2. The first kappa shape index (κ1) is 50.3. The highest BCUT2D eigenvalue weighted by molar-refractivity contribution is 7.10. The number of esters is 1. The van der Waals surface area contributed by atoms with Crippen LogP contribution in [0.15, 0.2) is 42.4 Å².